The second kappa shape index (κ2) is 15.7. The number of ketones is 1. The first-order valence-electron chi connectivity index (χ1n) is 14.6. The number of allylic oxidation sites excluding steroid dienone is 1. The van der Waals surface area contributed by atoms with Gasteiger partial charge in [-0.2, -0.15) is 13.2 Å². The number of carbonyl (C=O) groups is 2. The summed E-state index contributed by atoms with van der Waals surface area (Å²) in [5.74, 6) is -5.01. The maximum Gasteiger partial charge on any atom is 0.401 e. The molecule has 2 fully saturated rings. The zero-order chi connectivity index (χ0) is 30.9. The Hall–Kier alpha value is -2.63. The van der Waals surface area contributed by atoms with Gasteiger partial charge in [0.1, 0.15) is 12.5 Å². The summed E-state index contributed by atoms with van der Waals surface area (Å²) in [5.41, 5.74) is 3.04. The first-order chi connectivity index (χ1) is 19.9. The summed E-state index contributed by atoms with van der Waals surface area (Å²) in [5, 5.41) is 0. The minimum Gasteiger partial charge on any atom is -0.501 e. The Kier molecular flexibility index (Phi) is 12.7. The van der Waals surface area contributed by atoms with Crippen LogP contribution in [0.15, 0.2) is 30.5 Å². The molecular weight excluding hydrogens is 553 g/mol. The third kappa shape index (κ3) is 9.18. The number of hydrogen-bond donors (Lipinski definition) is 0. The molecule has 3 rings (SSSR count). The summed E-state index contributed by atoms with van der Waals surface area (Å²) in [7, 11) is 1.22. The lowest BCUT2D eigenvalue weighted by atomic mass is 9.90. The molecule has 1 aromatic carbocycles. The van der Waals surface area contributed by atoms with Gasteiger partial charge in [-0.25, -0.2) is 0 Å². The van der Waals surface area contributed by atoms with Crippen molar-refractivity contribution in [1.82, 2.24) is 4.90 Å². The Bertz CT molecular complexity index is 1060. The van der Waals surface area contributed by atoms with Crippen LogP contribution in [0.2, 0.25) is 0 Å². The van der Waals surface area contributed by atoms with E-state index in [0.717, 1.165) is 29.9 Å². The molecule has 4 atom stereocenters. The summed E-state index contributed by atoms with van der Waals surface area (Å²) in [6.07, 6.45) is -2.83. The molecule has 236 valence electrons. The average molecular weight is 599 g/mol. The molecule has 1 saturated heterocycles. The number of Topliss-reactive ketones (excluding diaryl/α,β-unsaturated/α-hetero) is 1. The van der Waals surface area contributed by atoms with Crippen molar-refractivity contribution in [3.8, 4) is 0 Å². The minimum absolute atomic E-state index is 0.0426. The highest BCUT2D eigenvalue weighted by Crippen LogP contribution is 2.46. The van der Waals surface area contributed by atoms with Gasteiger partial charge >= 0.3 is 12.1 Å². The number of morpholine rings is 1. The predicted molar refractivity (Wildman–Crippen MR) is 153 cm³/mol. The number of rotatable bonds is 14. The van der Waals surface area contributed by atoms with E-state index in [1.165, 1.54) is 13.4 Å². The molecule has 1 aliphatic carbocycles. The van der Waals surface area contributed by atoms with Crippen LogP contribution >= 0.6 is 0 Å². The van der Waals surface area contributed by atoms with Crippen LogP contribution in [-0.4, -0.2) is 94.7 Å². The van der Waals surface area contributed by atoms with Gasteiger partial charge in [-0.15, -0.1) is 0 Å². The maximum absolute atomic E-state index is 14.1. The molecule has 0 radical (unpaired) electrons. The highest BCUT2D eigenvalue weighted by molar-refractivity contribution is 5.88. The molecule has 11 heteroatoms. The van der Waals surface area contributed by atoms with Crippen molar-refractivity contribution in [2.45, 2.75) is 58.9 Å². The Morgan fingerprint density at radius 3 is 2.50 bits per heavy atom. The number of carbonyl (C=O) groups excluding carboxylic acids is 2. The number of aryl methyl sites for hydroxylation is 2. The first-order valence-corrected chi connectivity index (χ1v) is 14.6. The predicted octanol–water partition coefficient (Wildman–Crippen LogP) is 4.71. The molecule has 0 N–H and O–H groups in total. The number of methoxy groups -OCH3 is 1. The smallest absolute Gasteiger partial charge is 0.401 e. The fourth-order valence-electron chi connectivity index (χ4n) is 5.67. The Morgan fingerprint density at radius 2 is 1.88 bits per heavy atom. The molecule has 1 aromatic rings. The van der Waals surface area contributed by atoms with E-state index in [-0.39, 0.29) is 38.0 Å². The van der Waals surface area contributed by atoms with Crippen LogP contribution in [0.1, 0.15) is 37.8 Å². The average Bonchev–Trinajstić information content (AvgIpc) is 3.21. The van der Waals surface area contributed by atoms with Crippen LogP contribution < -0.4 is 4.90 Å². The number of halogens is 3. The SMILES string of the molecule is COC1C(C(F)(F)F)C(=O)[C@H](CN(c2ccc(C)c(C)c2)C(C)C)[C@H]1C/C=C\OCCC(=O)OCCN1CCOCC1. The van der Waals surface area contributed by atoms with E-state index in [9.17, 15) is 22.8 Å². The van der Waals surface area contributed by atoms with Crippen LogP contribution in [0.3, 0.4) is 0 Å². The lowest BCUT2D eigenvalue weighted by molar-refractivity contribution is -0.199. The number of nitrogens with zero attached hydrogens (tertiary/aromatic N) is 2. The van der Waals surface area contributed by atoms with Crippen molar-refractivity contribution in [3.05, 3.63) is 41.7 Å². The summed E-state index contributed by atoms with van der Waals surface area (Å²) < 4.78 is 63.5. The molecule has 2 unspecified atom stereocenters. The highest BCUT2D eigenvalue weighted by Gasteiger charge is 2.60. The standard InChI is InChI=1S/C31H45F3N2O6/c1-21(2)36(24-9-8-22(3)23(4)19-24)20-26-25(30(39-5)28(29(26)38)31(32,33)34)7-6-14-40-15-10-27(37)42-18-13-35-11-16-41-17-12-35/h6,8-9,14,19,21,25-26,28,30H,7,10-13,15-18,20H2,1-5H3/b14-6-/t25-,26-,28?,30?/m1/s1. The third-order valence-electron chi connectivity index (χ3n) is 8.20. The third-order valence-corrected chi connectivity index (χ3v) is 8.20. The summed E-state index contributed by atoms with van der Waals surface area (Å²) in [6.45, 7) is 12.0. The van der Waals surface area contributed by atoms with E-state index in [1.54, 1.807) is 6.08 Å². The molecule has 0 amide bonds. The van der Waals surface area contributed by atoms with Gasteiger partial charge in [0, 0.05) is 56.9 Å². The van der Waals surface area contributed by atoms with E-state index in [1.807, 2.05) is 50.8 Å². The molecule has 8 nitrogen and oxygen atoms in total. The molecule has 0 spiro atoms. The van der Waals surface area contributed by atoms with Gasteiger partial charge in [0.05, 0.1) is 38.6 Å². The highest BCUT2D eigenvalue weighted by atomic mass is 19.4. The maximum atomic E-state index is 14.1. The fraction of sp³-hybridized carbons (Fsp3) is 0.677. The molecule has 1 heterocycles. The van der Waals surface area contributed by atoms with Crippen LogP contribution in [-0.2, 0) is 28.5 Å². The Labute approximate surface area is 247 Å². The van der Waals surface area contributed by atoms with Crippen LogP contribution in [0.5, 0.6) is 0 Å². The zero-order valence-corrected chi connectivity index (χ0v) is 25.3. The zero-order valence-electron chi connectivity index (χ0n) is 25.3. The molecular formula is C31H45F3N2O6. The topological polar surface area (TPSA) is 77.5 Å². The quantitative estimate of drug-likeness (QED) is 0.173. The number of benzene rings is 1. The van der Waals surface area contributed by atoms with Crippen molar-refractivity contribution in [1.29, 1.82) is 0 Å². The second-order valence-electron chi connectivity index (χ2n) is 11.3. The summed E-state index contributed by atoms with van der Waals surface area (Å²) in [6, 6.07) is 5.87. The second-order valence-corrected chi connectivity index (χ2v) is 11.3. The van der Waals surface area contributed by atoms with E-state index < -0.39 is 35.8 Å². The molecule has 42 heavy (non-hydrogen) atoms. The molecule has 1 saturated carbocycles. The van der Waals surface area contributed by atoms with E-state index in [2.05, 4.69) is 4.90 Å². The molecule has 0 bridgehead atoms. The van der Waals surface area contributed by atoms with Gasteiger partial charge in [-0.05, 0) is 63.5 Å². The normalized spacial score (nSPS) is 23.6. The minimum atomic E-state index is -4.71. The van der Waals surface area contributed by atoms with Crippen LogP contribution in [0, 0.1) is 31.6 Å². The van der Waals surface area contributed by atoms with Crippen molar-refractivity contribution in [2.24, 2.45) is 17.8 Å². The number of alkyl halides is 3. The largest absolute Gasteiger partial charge is 0.501 e. The van der Waals surface area contributed by atoms with Gasteiger partial charge in [-0.1, -0.05) is 6.07 Å². The van der Waals surface area contributed by atoms with Crippen molar-refractivity contribution in [2.75, 3.05) is 64.6 Å². The fourth-order valence-corrected chi connectivity index (χ4v) is 5.67. The summed E-state index contributed by atoms with van der Waals surface area (Å²) >= 11 is 0. The number of esters is 1. The van der Waals surface area contributed by atoms with Gasteiger partial charge in [0.15, 0.2) is 5.78 Å². The monoisotopic (exact) mass is 598 g/mol. The van der Waals surface area contributed by atoms with E-state index in [0.29, 0.717) is 26.4 Å². The van der Waals surface area contributed by atoms with E-state index >= 15 is 0 Å². The van der Waals surface area contributed by atoms with Crippen LogP contribution in [0.25, 0.3) is 0 Å². The molecule has 0 aromatic heterocycles. The molecule has 2 aliphatic rings. The number of ether oxygens (including phenoxy) is 4. The lowest BCUT2D eigenvalue weighted by Gasteiger charge is -2.34. The summed E-state index contributed by atoms with van der Waals surface area (Å²) in [4.78, 5) is 29.4. The van der Waals surface area contributed by atoms with Gasteiger partial charge in [0.2, 0.25) is 0 Å². The Balaban J connectivity index is 1.60. The Morgan fingerprint density at radius 1 is 1.17 bits per heavy atom. The molecule has 1 aliphatic heterocycles. The van der Waals surface area contributed by atoms with Crippen molar-refractivity contribution >= 4 is 17.4 Å². The van der Waals surface area contributed by atoms with Gasteiger partial charge < -0.3 is 23.8 Å². The lowest BCUT2D eigenvalue weighted by Crippen LogP contribution is -2.40. The van der Waals surface area contributed by atoms with E-state index in [4.69, 9.17) is 18.9 Å². The van der Waals surface area contributed by atoms with Gasteiger partial charge in [0.25, 0.3) is 0 Å². The van der Waals surface area contributed by atoms with Crippen molar-refractivity contribution in [3.63, 3.8) is 0 Å². The van der Waals surface area contributed by atoms with Gasteiger partial charge in [-0.3, -0.25) is 14.5 Å². The first kappa shape index (κ1) is 33.9. The number of anilines is 1. The van der Waals surface area contributed by atoms with Crippen molar-refractivity contribution < 1.29 is 41.7 Å². The number of hydrogen-bond acceptors (Lipinski definition) is 8. The van der Waals surface area contributed by atoms with Crippen LogP contribution in [0.4, 0.5) is 18.9 Å².